The maximum absolute atomic E-state index is 9.01. The largest absolute Gasteiger partial charge is 0.396 e. The Labute approximate surface area is 94.8 Å². The molecule has 0 saturated carbocycles. The summed E-state index contributed by atoms with van der Waals surface area (Å²) in [5.41, 5.74) is 1.19. The number of hydrogen-bond donors (Lipinski definition) is 2. The van der Waals surface area contributed by atoms with Crippen LogP contribution >= 0.6 is 0 Å². The van der Waals surface area contributed by atoms with Gasteiger partial charge in [0.1, 0.15) is 6.04 Å². The van der Waals surface area contributed by atoms with Crippen molar-refractivity contribution in [1.82, 2.24) is 5.32 Å². The van der Waals surface area contributed by atoms with Gasteiger partial charge in [-0.2, -0.15) is 10.5 Å². The van der Waals surface area contributed by atoms with Gasteiger partial charge in [-0.05, 0) is 19.0 Å². The third kappa shape index (κ3) is 3.06. The monoisotopic (exact) mass is 215 g/mol. The van der Waals surface area contributed by atoms with Crippen LogP contribution in [0, 0.1) is 22.7 Å². The van der Waals surface area contributed by atoms with Gasteiger partial charge in [0.05, 0.1) is 17.7 Å². The zero-order chi connectivity index (χ0) is 11.8. The molecular formula is C12H13N3O. The smallest absolute Gasteiger partial charge is 0.122 e. The summed E-state index contributed by atoms with van der Waals surface area (Å²) in [6, 6.07) is 10.7. The van der Waals surface area contributed by atoms with E-state index in [4.69, 9.17) is 15.6 Å². The Kier molecular flexibility index (Phi) is 5.01. The second-order valence-corrected chi connectivity index (χ2v) is 3.29. The molecule has 0 amide bonds. The van der Waals surface area contributed by atoms with Crippen molar-refractivity contribution >= 4 is 0 Å². The molecule has 4 heteroatoms. The highest BCUT2D eigenvalue weighted by atomic mass is 16.3. The van der Waals surface area contributed by atoms with E-state index in [-0.39, 0.29) is 6.61 Å². The highest BCUT2D eigenvalue weighted by Crippen LogP contribution is 2.16. The first-order chi connectivity index (χ1) is 7.83. The van der Waals surface area contributed by atoms with Crippen molar-refractivity contribution in [3.63, 3.8) is 0 Å². The van der Waals surface area contributed by atoms with Crippen molar-refractivity contribution in [2.75, 3.05) is 13.2 Å². The van der Waals surface area contributed by atoms with E-state index in [1.54, 1.807) is 24.3 Å². The van der Waals surface area contributed by atoms with Crippen molar-refractivity contribution in [1.29, 1.82) is 10.5 Å². The van der Waals surface area contributed by atoms with Gasteiger partial charge in [-0.25, -0.2) is 0 Å². The summed E-state index contributed by atoms with van der Waals surface area (Å²) in [5, 5.41) is 29.6. The van der Waals surface area contributed by atoms with E-state index in [2.05, 4.69) is 17.5 Å². The normalized spacial score (nSPS) is 11.4. The summed E-state index contributed by atoms with van der Waals surface area (Å²) >= 11 is 0. The number of aliphatic hydroxyl groups excluding tert-OH is 1. The Hall–Kier alpha value is -1.88. The van der Waals surface area contributed by atoms with Gasteiger partial charge >= 0.3 is 0 Å². The first kappa shape index (κ1) is 12.2. The van der Waals surface area contributed by atoms with Crippen LogP contribution < -0.4 is 5.32 Å². The molecule has 1 aromatic carbocycles. The minimum Gasteiger partial charge on any atom is -0.396 e. The van der Waals surface area contributed by atoms with E-state index in [1.165, 1.54) is 0 Å². The zero-order valence-electron chi connectivity index (χ0n) is 8.85. The fourth-order valence-electron chi connectivity index (χ4n) is 1.40. The van der Waals surface area contributed by atoms with Crippen LogP contribution in [0.4, 0.5) is 0 Å². The van der Waals surface area contributed by atoms with Crippen LogP contribution in [0.5, 0.6) is 0 Å². The molecule has 0 aromatic heterocycles. The minimum atomic E-state index is -0.498. The molecular weight excluding hydrogens is 202 g/mol. The average Bonchev–Trinajstić information content (AvgIpc) is 2.35. The molecule has 0 fully saturated rings. The molecule has 0 radical (unpaired) electrons. The summed E-state index contributed by atoms with van der Waals surface area (Å²) in [4.78, 5) is 0. The van der Waals surface area contributed by atoms with Crippen LogP contribution in [-0.4, -0.2) is 18.3 Å². The minimum absolute atomic E-state index is 0.0883. The van der Waals surface area contributed by atoms with E-state index in [0.717, 1.165) is 0 Å². The lowest BCUT2D eigenvalue weighted by atomic mass is 10.0. The molecule has 1 atom stereocenters. The van der Waals surface area contributed by atoms with Crippen molar-refractivity contribution in [3.8, 4) is 12.1 Å². The number of nitriles is 2. The van der Waals surface area contributed by atoms with Crippen molar-refractivity contribution in [2.24, 2.45) is 0 Å². The molecule has 16 heavy (non-hydrogen) atoms. The number of hydrogen-bond acceptors (Lipinski definition) is 4. The number of rotatable bonds is 5. The average molecular weight is 215 g/mol. The van der Waals surface area contributed by atoms with Crippen LogP contribution in [0.1, 0.15) is 23.6 Å². The lowest BCUT2D eigenvalue weighted by molar-refractivity contribution is 0.285. The van der Waals surface area contributed by atoms with Crippen molar-refractivity contribution in [3.05, 3.63) is 35.4 Å². The molecule has 82 valence electrons. The lowest BCUT2D eigenvalue weighted by Gasteiger charge is -2.12. The number of nitrogens with one attached hydrogen (secondary N) is 1. The van der Waals surface area contributed by atoms with Gasteiger partial charge in [-0.15, -0.1) is 0 Å². The SMILES string of the molecule is N#Cc1ccccc1C(C#N)NCCCO. The van der Waals surface area contributed by atoms with Gasteiger partial charge in [-0.1, -0.05) is 18.2 Å². The van der Waals surface area contributed by atoms with E-state index >= 15 is 0 Å². The second-order valence-electron chi connectivity index (χ2n) is 3.29. The summed E-state index contributed by atoms with van der Waals surface area (Å²) in [5.74, 6) is 0. The third-order valence-electron chi connectivity index (χ3n) is 2.20. The van der Waals surface area contributed by atoms with E-state index < -0.39 is 6.04 Å². The van der Waals surface area contributed by atoms with E-state index in [0.29, 0.717) is 24.1 Å². The first-order valence-corrected chi connectivity index (χ1v) is 5.06. The van der Waals surface area contributed by atoms with Gasteiger partial charge in [0.25, 0.3) is 0 Å². The molecule has 1 aromatic rings. The van der Waals surface area contributed by atoms with Crippen LogP contribution in [0.3, 0.4) is 0 Å². The molecule has 0 heterocycles. The molecule has 1 rings (SSSR count). The molecule has 2 N–H and O–H groups in total. The quantitative estimate of drug-likeness (QED) is 0.721. The predicted octanol–water partition coefficient (Wildman–Crippen LogP) is 1.09. The van der Waals surface area contributed by atoms with Crippen LogP contribution in [-0.2, 0) is 0 Å². The molecule has 0 spiro atoms. The molecule has 1 unspecified atom stereocenters. The van der Waals surface area contributed by atoms with Crippen molar-refractivity contribution in [2.45, 2.75) is 12.5 Å². The molecule has 0 aliphatic carbocycles. The highest BCUT2D eigenvalue weighted by Gasteiger charge is 2.12. The van der Waals surface area contributed by atoms with Crippen LogP contribution in [0.25, 0.3) is 0 Å². The fourth-order valence-corrected chi connectivity index (χ4v) is 1.40. The van der Waals surface area contributed by atoms with Gasteiger partial charge in [0.15, 0.2) is 0 Å². The Morgan fingerprint density at radius 3 is 2.69 bits per heavy atom. The molecule has 0 aliphatic heterocycles. The number of nitrogens with zero attached hydrogens (tertiary/aromatic N) is 2. The van der Waals surface area contributed by atoms with Crippen LogP contribution in [0.2, 0.25) is 0 Å². The summed E-state index contributed by atoms with van der Waals surface area (Å²) in [6.07, 6.45) is 0.590. The zero-order valence-corrected chi connectivity index (χ0v) is 8.85. The van der Waals surface area contributed by atoms with Gasteiger partial charge < -0.3 is 5.11 Å². The highest BCUT2D eigenvalue weighted by molar-refractivity contribution is 5.41. The van der Waals surface area contributed by atoms with Gasteiger partial charge in [-0.3, -0.25) is 5.32 Å². The third-order valence-corrected chi connectivity index (χ3v) is 2.20. The van der Waals surface area contributed by atoms with Gasteiger partial charge in [0, 0.05) is 12.2 Å². The van der Waals surface area contributed by atoms with Crippen molar-refractivity contribution < 1.29 is 5.11 Å². The van der Waals surface area contributed by atoms with Gasteiger partial charge in [0.2, 0.25) is 0 Å². The summed E-state index contributed by atoms with van der Waals surface area (Å²) < 4.78 is 0. The second kappa shape index (κ2) is 6.58. The Balaban J connectivity index is 2.80. The van der Waals surface area contributed by atoms with Crippen LogP contribution in [0.15, 0.2) is 24.3 Å². The Bertz CT molecular complexity index is 417. The number of aliphatic hydroxyl groups is 1. The predicted molar refractivity (Wildman–Crippen MR) is 59.2 cm³/mol. The maximum Gasteiger partial charge on any atom is 0.122 e. The van der Waals surface area contributed by atoms with E-state index in [9.17, 15) is 0 Å². The number of benzene rings is 1. The molecule has 0 aliphatic rings. The van der Waals surface area contributed by atoms with E-state index in [1.807, 2.05) is 0 Å². The standard InChI is InChI=1S/C12H13N3O/c13-8-10-4-1-2-5-11(10)12(9-14)15-6-3-7-16/h1-2,4-5,12,15-16H,3,6-7H2. The summed E-state index contributed by atoms with van der Waals surface area (Å²) in [6.45, 7) is 0.638. The molecule has 0 bridgehead atoms. The molecule has 0 saturated heterocycles. The topological polar surface area (TPSA) is 79.8 Å². The first-order valence-electron chi connectivity index (χ1n) is 5.06. The fraction of sp³-hybridized carbons (Fsp3) is 0.333. The summed E-state index contributed by atoms with van der Waals surface area (Å²) in [7, 11) is 0. The lowest BCUT2D eigenvalue weighted by Crippen LogP contribution is -2.22. The maximum atomic E-state index is 9.01. The Morgan fingerprint density at radius 1 is 1.31 bits per heavy atom. The molecule has 4 nitrogen and oxygen atoms in total. The Morgan fingerprint density at radius 2 is 2.06 bits per heavy atom.